The number of carbonyl (C=O) groups excluding carboxylic acids is 1. The molecular weight excluding hydrogens is 366 g/mol. The maximum atomic E-state index is 11.7. The highest BCUT2D eigenvalue weighted by Crippen LogP contribution is 2.18. The number of amides is 1. The Labute approximate surface area is 171 Å². The number of methoxy groups -OCH3 is 1. The Hall–Kier alpha value is -2.86. The highest BCUT2D eigenvalue weighted by Gasteiger charge is 2.11. The third kappa shape index (κ3) is 5.57. The number of hydrogen-bond donors (Lipinski definition) is 1. The van der Waals surface area contributed by atoms with Gasteiger partial charge in [-0.25, -0.2) is 4.98 Å². The smallest absolute Gasteiger partial charge is 0.246 e. The van der Waals surface area contributed by atoms with Crippen LogP contribution in [0.15, 0.2) is 42.5 Å². The summed E-state index contributed by atoms with van der Waals surface area (Å²) in [7, 11) is 1.51. The number of aromatic nitrogens is 2. The number of benzene rings is 2. The number of hydrogen-bond acceptors (Lipinski definition) is 4. The van der Waals surface area contributed by atoms with E-state index in [0.717, 1.165) is 42.0 Å². The molecule has 0 aliphatic heterocycles. The Morgan fingerprint density at radius 1 is 1.10 bits per heavy atom. The minimum absolute atomic E-state index is 0.0516. The summed E-state index contributed by atoms with van der Waals surface area (Å²) in [6.07, 6.45) is 1.90. The van der Waals surface area contributed by atoms with Crippen molar-refractivity contribution in [2.45, 2.75) is 39.8 Å². The summed E-state index contributed by atoms with van der Waals surface area (Å²) in [5, 5.41) is 2.86. The van der Waals surface area contributed by atoms with Gasteiger partial charge in [-0.1, -0.05) is 18.2 Å². The highest BCUT2D eigenvalue weighted by molar-refractivity contribution is 5.78. The van der Waals surface area contributed by atoms with E-state index in [-0.39, 0.29) is 12.5 Å². The lowest BCUT2D eigenvalue weighted by Crippen LogP contribution is -2.28. The van der Waals surface area contributed by atoms with E-state index >= 15 is 0 Å². The first-order chi connectivity index (χ1) is 14.1. The summed E-state index contributed by atoms with van der Waals surface area (Å²) in [5.74, 6) is 1.63. The van der Waals surface area contributed by atoms with E-state index in [1.54, 1.807) is 0 Å². The molecule has 29 heavy (non-hydrogen) atoms. The molecular formula is C23H29N3O3. The topological polar surface area (TPSA) is 65.4 Å². The van der Waals surface area contributed by atoms with Crippen LogP contribution in [0.5, 0.6) is 5.75 Å². The van der Waals surface area contributed by atoms with Crippen molar-refractivity contribution in [3.63, 3.8) is 0 Å². The number of ether oxygens (including phenoxy) is 2. The standard InChI is InChI=1S/C23H29N3O3/c1-17-10-11-19(14-18(17)2)29-13-7-6-12-26-21-9-5-4-8-20(21)25-22(26)15-24-23(27)16-28-3/h4-5,8-11,14H,6-7,12-13,15-16H2,1-3H3,(H,24,27). The van der Waals surface area contributed by atoms with Crippen LogP contribution >= 0.6 is 0 Å². The van der Waals surface area contributed by atoms with Crippen LogP contribution < -0.4 is 10.1 Å². The molecule has 1 heterocycles. The number of rotatable bonds is 10. The minimum atomic E-state index is -0.145. The van der Waals surface area contributed by atoms with Gasteiger partial charge in [0.05, 0.1) is 24.2 Å². The van der Waals surface area contributed by atoms with E-state index in [0.29, 0.717) is 13.2 Å². The van der Waals surface area contributed by atoms with Crippen LogP contribution in [-0.2, 0) is 22.6 Å². The molecule has 0 atom stereocenters. The zero-order valence-corrected chi connectivity index (χ0v) is 17.4. The first-order valence-corrected chi connectivity index (χ1v) is 9.98. The van der Waals surface area contributed by atoms with Gasteiger partial charge in [-0.05, 0) is 62.1 Å². The predicted octanol–water partition coefficient (Wildman–Crippen LogP) is 3.77. The molecule has 0 saturated carbocycles. The van der Waals surface area contributed by atoms with E-state index in [1.165, 1.54) is 18.2 Å². The van der Waals surface area contributed by atoms with E-state index in [1.807, 2.05) is 24.3 Å². The number of unbranched alkanes of at least 4 members (excludes halogenated alkanes) is 1. The molecule has 6 heteroatoms. The normalized spacial score (nSPS) is 11.0. The molecule has 0 unspecified atom stereocenters. The Balaban J connectivity index is 1.57. The molecule has 3 rings (SSSR count). The highest BCUT2D eigenvalue weighted by atomic mass is 16.5. The average Bonchev–Trinajstić information content (AvgIpc) is 3.07. The second-order valence-electron chi connectivity index (χ2n) is 7.18. The van der Waals surface area contributed by atoms with E-state index in [4.69, 9.17) is 9.47 Å². The molecule has 1 amide bonds. The van der Waals surface area contributed by atoms with Gasteiger partial charge >= 0.3 is 0 Å². The van der Waals surface area contributed by atoms with Crippen LogP contribution in [0.3, 0.4) is 0 Å². The van der Waals surface area contributed by atoms with Crippen molar-refractivity contribution in [1.82, 2.24) is 14.9 Å². The lowest BCUT2D eigenvalue weighted by Gasteiger charge is -2.11. The van der Waals surface area contributed by atoms with E-state index < -0.39 is 0 Å². The quantitative estimate of drug-likeness (QED) is 0.531. The molecule has 0 fully saturated rings. The molecule has 0 spiro atoms. The van der Waals surface area contributed by atoms with Crippen LogP contribution in [0.2, 0.25) is 0 Å². The Bertz CT molecular complexity index is 965. The summed E-state index contributed by atoms with van der Waals surface area (Å²) in [6.45, 7) is 6.14. The lowest BCUT2D eigenvalue weighted by molar-refractivity contribution is -0.124. The fraction of sp³-hybridized carbons (Fsp3) is 0.391. The maximum absolute atomic E-state index is 11.7. The molecule has 154 valence electrons. The third-order valence-electron chi connectivity index (χ3n) is 4.98. The molecule has 0 aliphatic rings. The van der Waals surface area contributed by atoms with Gasteiger partial charge in [0.2, 0.25) is 5.91 Å². The second kappa shape index (κ2) is 10.1. The number of imidazole rings is 1. The summed E-state index contributed by atoms with van der Waals surface area (Å²) >= 11 is 0. The van der Waals surface area contributed by atoms with Crippen LogP contribution in [0.1, 0.15) is 29.8 Å². The summed E-state index contributed by atoms with van der Waals surface area (Å²) in [6, 6.07) is 14.2. The molecule has 1 N–H and O–H groups in total. The summed E-state index contributed by atoms with van der Waals surface area (Å²) in [4.78, 5) is 16.4. The number of carbonyl (C=O) groups is 1. The Kier molecular flexibility index (Phi) is 7.25. The van der Waals surface area contributed by atoms with Gasteiger partial charge in [-0.15, -0.1) is 0 Å². The lowest BCUT2D eigenvalue weighted by atomic mass is 10.1. The molecule has 6 nitrogen and oxygen atoms in total. The Morgan fingerprint density at radius 3 is 2.72 bits per heavy atom. The van der Waals surface area contributed by atoms with Crippen molar-refractivity contribution >= 4 is 16.9 Å². The second-order valence-corrected chi connectivity index (χ2v) is 7.18. The molecule has 1 aromatic heterocycles. The Morgan fingerprint density at radius 2 is 1.93 bits per heavy atom. The largest absolute Gasteiger partial charge is 0.494 e. The van der Waals surface area contributed by atoms with Crippen molar-refractivity contribution in [2.24, 2.45) is 0 Å². The van der Waals surface area contributed by atoms with Gasteiger partial charge in [-0.3, -0.25) is 4.79 Å². The monoisotopic (exact) mass is 395 g/mol. The summed E-state index contributed by atoms with van der Waals surface area (Å²) in [5.41, 5.74) is 4.54. The maximum Gasteiger partial charge on any atom is 0.246 e. The summed E-state index contributed by atoms with van der Waals surface area (Å²) < 4.78 is 12.9. The van der Waals surface area contributed by atoms with Gasteiger partial charge in [0.1, 0.15) is 18.2 Å². The molecule has 3 aromatic rings. The molecule has 0 bridgehead atoms. The van der Waals surface area contributed by atoms with E-state index in [9.17, 15) is 4.79 Å². The first kappa shape index (κ1) is 20.9. The third-order valence-corrected chi connectivity index (χ3v) is 4.98. The van der Waals surface area contributed by atoms with Gasteiger partial charge < -0.3 is 19.4 Å². The zero-order valence-electron chi connectivity index (χ0n) is 17.4. The van der Waals surface area contributed by atoms with Gasteiger partial charge in [0, 0.05) is 13.7 Å². The van der Waals surface area contributed by atoms with Crippen molar-refractivity contribution in [3.05, 3.63) is 59.4 Å². The van der Waals surface area contributed by atoms with Crippen LogP contribution in [0.4, 0.5) is 0 Å². The zero-order chi connectivity index (χ0) is 20.6. The van der Waals surface area contributed by atoms with Crippen LogP contribution in [0.25, 0.3) is 11.0 Å². The van der Waals surface area contributed by atoms with Crippen molar-refractivity contribution in [2.75, 3.05) is 20.3 Å². The number of nitrogens with zero attached hydrogens (tertiary/aromatic N) is 2. The van der Waals surface area contributed by atoms with E-state index in [2.05, 4.69) is 46.9 Å². The SMILES string of the molecule is COCC(=O)NCc1nc2ccccc2n1CCCCOc1ccc(C)c(C)c1. The van der Waals surface area contributed by atoms with Crippen molar-refractivity contribution in [3.8, 4) is 5.75 Å². The molecule has 0 saturated heterocycles. The van der Waals surface area contributed by atoms with Crippen LogP contribution in [0, 0.1) is 13.8 Å². The average molecular weight is 396 g/mol. The number of fused-ring (bicyclic) bond motifs is 1. The molecule has 2 aromatic carbocycles. The van der Waals surface area contributed by atoms with Gasteiger partial charge in [-0.2, -0.15) is 0 Å². The van der Waals surface area contributed by atoms with Crippen LogP contribution in [-0.4, -0.2) is 35.8 Å². The van der Waals surface area contributed by atoms with Gasteiger partial charge in [0.25, 0.3) is 0 Å². The van der Waals surface area contributed by atoms with Crippen molar-refractivity contribution < 1.29 is 14.3 Å². The fourth-order valence-corrected chi connectivity index (χ4v) is 3.24. The molecule has 0 radical (unpaired) electrons. The number of nitrogens with one attached hydrogen (secondary N) is 1. The minimum Gasteiger partial charge on any atom is -0.494 e. The van der Waals surface area contributed by atoms with Crippen molar-refractivity contribution in [1.29, 1.82) is 0 Å². The molecule has 0 aliphatic carbocycles. The predicted molar refractivity (Wildman–Crippen MR) is 114 cm³/mol. The number of aryl methyl sites for hydroxylation is 3. The first-order valence-electron chi connectivity index (χ1n) is 9.98. The number of para-hydroxylation sites is 2. The fourth-order valence-electron chi connectivity index (χ4n) is 3.24. The van der Waals surface area contributed by atoms with Gasteiger partial charge in [0.15, 0.2) is 0 Å².